The Hall–Kier alpha value is -3.39. The molecule has 0 radical (unpaired) electrons. The first-order valence-electron chi connectivity index (χ1n) is 13.0. The number of carbonyl (C=O) groups is 2. The summed E-state index contributed by atoms with van der Waals surface area (Å²) in [4.78, 5) is 28.4. The van der Waals surface area contributed by atoms with E-state index < -0.39 is 16.1 Å². The number of nitrogens with zero attached hydrogens (tertiary/aromatic N) is 2. The molecule has 7 nitrogen and oxygen atoms in total. The summed E-state index contributed by atoms with van der Waals surface area (Å²) in [5, 5.41) is 4.55. The van der Waals surface area contributed by atoms with Gasteiger partial charge in [0.25, 0.3) is 10.0 Å². The largest absolute Gasteiger partial charge is 0.354 e. The van der Waals surface area contributed by atoms with E-state index in [1.54, 1.807) is 17.0 Å². The molecule has 1 atom stereocenters. The van der Waals surface area contributed by atoms with E-state index in [0.717, 1.165) is 22.8 Å². The van der Waals surface area contributed by atoms with E-state index in [1.807, 2.05) is 68.4 Å². The number of hydrogen-bond acceptors (Lipinski definition) is 4. The molecule has 0 aliphatic carbocycles. The molecule has 1 N–H and O–H groups in total. The quantitative estimate of drug-likeness (QED) is 0.380. The maximum absolute atomic E-state index is 13.5. The van der Waals surface area contributed by atoms with Crippen molar-refractivity contribution in [2.75, 3.05) is 23.9 Å². The van der Waals surface area contributed by atoms with Gasteiger partial charge in [0.15, 0.2) is 0 Å². The van der Waals surface area contributed by atoms with Gasteiger partial charge in [0.1, 0.15) is 6.04 Å². The van der Waals surface area contributed by atoms with E-state index in [9.17, 15) is 18.0 Å². The molecule has 3 aromatic rings. The van der Waals surface area contributed by atoms with Gasteiger partial charge in [-0.2, -0.15) is 0 Å². The van der Waals surface area contributed by atoms with Crippen LogP contribution in [0.4, 0.5) is 5.69 Å². The van der Waals surface area contributed by atoms with Crippen LogP contribution in [-0.4, -0.2) is 50.8 Å². The van der Waals surface area contributed by atoms with Crippen LogP contribution in [0.25, 0.3) is 10.8 Å². The summed E-state index contributed by atoms with van der Waals surface area (Å²) in [7, 11) is -3.66. The van der Waals surface area contributed by atoms with Crippen molar-refractivity contribution < 1.29 is 18.0 Å². The summed E-state index contributed by atoms with van der Waals surface area (Å²) in [5.74, 6) is -0.281. The Morgan fingerprint density at radius 3 is 2.41 bits per heavy atom. The summed E-state index contributed by atoms with van der Waals surface area (Å²) in [6.07, 6.45) is 2.48. The number of anilines is 1. The van der Waals surface area contributed by atoms with E-state index in [1.165, 1.54) is 4.31 Å². The highest BCUT2D eigenvalue weighted by atomic mass is 32.2. The third-order valence-electron chi connectivity index (χ3n) is 6.85. The van der Waals surface area contributed by atoms with Crippen molar-refractivity contribution in [1.29, 1.82) is 0 Å². The standard InChI is InChI=1S/C29H35N3O4S/c1-3-19-30-29(34)24(4-2)31(21-18-22-11-6-5-7-12-22)27(33)17-10-20-32-25-15-8-13-23-14-9-16-26(28(23)25)37(32,35)36/h5-9,11-16,24H,3-4,10,17-21H2,1-2H3,(H,30,34)/t24-/m1/s1. The normalized spacial score (nSPS) is 14.5. The highest BCUT2D eigenvalue weighted by Crippen LogP contribution is 2.42. The minimum Gasteiger partial charge on any atom is -0.354 e. The van der Waals surface area contributed by atoms with Crippen LogP contribution in [0.5, 0.6) is 0 Å². The fraction of sp³-hybridized carbons (Fsp3) is 0.379. The van der Waals surface area contributed by atoms with E-state index >= 15 is 0 Å². The molecule has 2 amide bonds. The summed E-state index contributed by atoms with van der Waals surface area (Å²) >= 11 is 0. The van der Waals surface area contributed by atoms with Crippen molar-refractivity contribution in [3.8, 4) is 0 Å². The monoisotopic (exact) mass is 521 g/mol. The first kappa shape index (κ1) is 26.7. The fourth-order valence-corrected chi connectivity index (χ4v) is 6.73. The first-order chi connectivity index (χ1) is 17.9. The Labute approximate surface area is 219 Å². The molecule has 8 heteroatoms. The molecule has 0 saturated heterocycles. The number of sulfonamides is 1. The molecule has 196 valence electrons. The minimum atomic E-state index is -3.66. The van der Waals surface area contributed by atoms with Crippen LogP contribution >= 0.6 is 0 Å². The van der Waals surface area contributed by atoms with Crippen LogP contribution < -0.4 is 9.62 Å². The van der Waals surface area contributed by atoms with Crippen LogP contribution in [0.2, 0.25) is 0 Å². The SMILES string of the molecule is CCCNC(=O)[C@@H](CC)N(CCc1ccccc1)C(=O)CCCN1c2cccc3cccc(c23)S1(=O)=O. The molecule has 1 aliphatic heterocycles. The average Bonchev–Trinajstić information content (AvgIpc) is 3.13. The van der Waals surface area contributed by atoms with Gasteiger partial charge in [0.2, 0.25) is 11.8 Å². The number of nitrogens with one attached hydrogen (secondary N) is 1. The molecular weight excluding hydrogens is 486 g/mol. The lowest BCUT2D eigenvalue weighted by molar-refractivity contribution is -0.140. The second-order valence-corrected chi connectivity index (χ2v) is 11.2. The van der Waals surface area contributed by atoms with Crippen LogP contribution in [-0.2, 0) is 26.0 Å². The molecule has 37 heavy (non-hydrogen) atoms. The van der Waals surface area contributed by atoms with Crippen LogP contribution in [0.3, 0.4) is 0 Å². The van der Waals surface area contributed by atoms with Crippen molar-refractivity contribution in [3.05, 3.63) is 72.3 Å². The molecule has 1 heterocycles. The van der Waals surface area contributed by atoms with Gasteiger partial charge in [-0.3, -0.25) is 13.9 Å². The molecule has 0 spiro atoms. The van der Waals surface area contributed by atoms with Gasteiger partial charge in [-0.25, -0.2) is 8.42 Å². The molecule has 3 aromatic carbocycles. The third kappa shape index (κ3) is 5.64. The molecule has 0 bridgehead atoms. The lowest BCUT2D eigenvalue weighted by Crippen LogP contribution is -2.50. The lowest BCUT2D eigenvalue weighted by atomic mass is 10.1. The Bertz CT molecular complexity index is 1350. The van der Waals surface area contributed by atoms with Crippen molar-refractivity contribution >= 4 is 38.3 Å². The second kappa shape index (κ2) is 11.8. The molecule has 0 fully saturated rings. The van der Waals surface area contributed by atoms with Crippen LogP contribution in [0.15, 0.2) is 71.6 Å². The molecule has 1 aliphatic rings. The molecule has 0 saturated carbocycles. The zero-order chi connectivity index (χ0) is 26.4. The average molecular weight is 522 g/mol. The Morgan fingerprint density at radius 2 is 1.70 bits per heavy atom. The minimum absolute atomic E-state index is 0.137. The van der Waals surface area contributed by atoms with E-state index in [-0.39, 0.29) is 24.8 Å². The topological polar surface area (TPSA) is 86.8 Å². The number of carbonyl (C=O) groups excluding carboxylic acids is 2. The van der Waals surface area contributed by atoms with E-state index in [2.05, 4.69) is 5.32 Å². The highest BCUT2D eigenvalue weighted by Gasteiger charge is 2.35. The highest BCUT2D eigenvalue weighted by molar-refractivity contribution is 7.93. The molecular formula is C29H35N3O4S. The summed E-state index contributed by atoms with van der Waals surface area (Å²) in [5.41, 5.74) is 1.75. The number of amides is 2. The maximum atomic E-state index is 13.5. The molecule has 0 aromatic heterocycles. The summed E-state index contributed by atoms with van der Waals surface area (Å²) in [6, 6.07) is 20.2. The van der Waals surface area contributed by atoms with Gasteiger partial charge < -0.3 is 10.2 Å². The number of rotatable bonds is 12. The summed E-state index contributed by atoms with van der Waals surface area (Å²) in [6.45, 7) is 5.09. The van der Waals surface area contributed by atoms with Gasteiger partial charge in [0, 0.05) is 31.4 Å². The van der Waals surface area contributed by atoms with Crippen molar-refractivity contribution in [2.24, 2.45) is 0 Å². The lowest BCUT2D eigenvalue weighted by Gasteiger charge is -2.31. The van der Waals surface area contributed by atoms with Crippen LogP contribution in [0, 0.1) is 0 Å². The third-order valence-corrected chi connectivity index (χ3v) is 8.71. The Balaban J connectivity index is 1.47. The van der Waals surface area contributed by atoms with Crippen LogP contribution in [0.1, 0.15) is 45.1 Å². The smallest absolute Gasteiger partial charge is 0.265 e. The van der Waals surface area contributed by atoms with Gasteiger partial charge in [-0.1, -0.05) is 68.4 Å². The van der Waals surface area contributed by atoms with Crippen molar-refractivity contribution in [1.82, 2.24) is 10.2 Å². The second-order valence-electron chi connectivity index (χ2n) is 9.35. The predicted molar refractivity (Wildman–Crippen MR) is 147 cm³/mol. The van der Waals surface area contributed by atoms with Gasteiger partial charge in [-0.05, 0) is 48.8 Å². The molecule has 0 unspecified atom stereocenters. The van der Waals surface area contributed by atoms with Gasteiger partial charge >= 0.3 is 0 Å². The zero-order valence-corrected chi connectivity index (χ0v) is 22.3. The maximum Gasteiger partial charge on any atom is 0.265 e. The van der Waals surface area contributed by atoms with E-state index in [0.29, 0.717) is 42.9 Å². The molecule has 4 rings (SSSR count). The summed E-state index contributed by atoms with van der Waals surface area (Å²) < 4.78 is 27.9. The van der Waals surface area contributed by atoms with Gasteiger partial charge in [0.05, 0.1) is 10.6 Å². The van der Waals surface area contributed by atoms with E-state index in [4.69, 9.17) is 0 Å². The fourth-order valence-electron chi connectivity index (χ4n) is 4.98. The van der Waals surface area contributed by atoms with Crippen molar-refractivity contribution in [3.63, 3.8) is 0 Å². The predicted octanol–water partition coefficient (Wildman–Crippen LogP) is 4.50. The Morgan fingerprint density at radius 1 is 0.973 bits per heavy atom. The zero-order valence-electron chi connectivity index (χ0n) is 21.5. The van der Waals surface area contributed by atoms with Gasteiger partial charge in [-0.15, -0.1) is 0 Å². The number of hydrogen-bond donors (Lipinski definition) is 1. The Kier molecular flexibility index (Phi) is 8.48. The number of benzene rings is 3. The van der Waals surface area contributed by atoms with Crippen molar-refractivity contribution in [2.45, 2.75) is 56.9 Å². The first-order valence-corrected chi connectivity index (χ1v) is 14.5.